The van der Waals surface area contributed by atoms with Crippen LogP contribution in [0.5, 0.6) is 5.75 Å². The summed E-state index contributed by atoms with van der Waals surface area (Å²) < 4.78 is 5.16. The van der Waals surface area contributed by atoms with E-state index in [1.807, 2.05) is 24.3 Å². The van der Waals surface area contributed by atoms with Gasteiger partial charge in [0.15, 0.2) is 0 Å². The minimum Gasteiger partial charge on any atom is -0.497 e. The van der Waals surface area contributed by atoms with Gasteiger partial charge in [-0.25, -0.2) is 0 Å². The monoisotopic (exact) mass is 272 g/mol. The van der Waals surface area contributed by atoms with Gasteiger partial charge in [0.2, 0.25) is 0 Å². The van der Waals surface area contributed by atoms with E-state index >= 15 is 0 Å². The van der Waals surface area contributed by atoms with Gasteiger partial charge in [0.25, 0.3) is 0 Å². The third-order valence-corrected chi connectivity index (χ3v) is 4.82. The van der Waals surface area contributed by atoms with Crippen molar-refractivity contribution >= 4 is 11.6 Å². The summed E-state index contributed by atoms with van der Waals surface area (Å²) in [4.78, 5) is 24.2. The Morgan fingerprint density at radius 3 is 2.60 bits per heavy atom. The molecule has 106 valence electrons. The van der Waals surface area contributed by atoms with Crippen LogP contribution in [0.4, 0.5) is 0 Å². The molecule has 0 N–H and O–H groups in total. The van der Waals surface area contributed by atoms with E-state index in [0.717, 1.165) is 25.0 Å². The van der Waals surface area contributed by atoms with Crippen LogP contribution in [0.2, 0.25) is 0 Å². The van der Waals surface area contributed by atoms with Gasteiger partial charge in [-0.1, -0.05) is 12.1 Å². The van der Waals surface area contributed by atoms with E-state index in [4.69, 9.17) is 4.74 Å². The van der Waals surface area contributed by atoms with Gasteiger partial charge in [0, 0.05) is 12.8 Å². The Kier molecular flexibility index (Phi) is 3.60. The van der Waals surface area contributed by atoms with Crippen LogP contribution < -0.4 is 4.74 Å². The number of ether oxygens (including phenoxy) is 1. The summed E-state index contributed by atoms with van der Waals surface area (Å²) in [5.41, 5.74) is 1.19. The first kappa shape index (κ1) is 13.3. The van der Waals surface area contributed by atoms with Gasteiger partial charge >= 0.3 is 0 Å². The van der Waals surface area contributed by atoms with Gasteiger partial charge < -0.3 is 4.74 Å². The van der Waals surface area contributed by atoms with E-state index in [9.17, 15) is 9.59 Å². The average molecular weight is 272 g/mol. The van der Waals surface area contributed by atoms with Crippen LogP contribution in [0.25, 0.3) is 0 Å². The molecule has 0 saturated heterocycles. The molecule has 2 bridgehead atoms. The molecule has 0 radical (unpaired) electrons. The van der Waals surface area contributed by atoms with E-state index in [0.29, 0.717) is 18.8 Å². The lowest BCUT2D eigenvalue weighted by Gasteiger charge is -2.20. The molecular weight excluding hydrogens is 252 g/mol. The fourth-order valence-corrected chi connectivity index (χ4v) is 3.79. The lowest BCUT2D eigenvalue weighted by Crippen LogP contribution is -2.26. The van der Waals surface area contributed by atoms with Gasteiger partial charge in [0.1, 0.15) is 17.3 Å². The second-order valence-corrected chi connectivity index (χ2v) is 5.98. The first-order valence-electron chi connectivity index (χ1n) is 7.37. The van der Waals surface area contributed by atoms with Crippen LogP contribution in [0.15, 0.2) is 24.3 Å². The molecule has 0 aliphatic heterocycles. The molecule has 0 aromatic heterocycles. The minimum absolute atomic E-state index is 0.175. The zero-order chi connectivity index (χ0) is 14.1. The van der Waals surface area contributed by atoms with Crippen LogP contribution >= 0.6 is 0 Å². The SMILES string of the molecule is COc1ccc(CC2[C@@H]3CCCC(=O)[C@H]2C(=O)C3)cc1. The molecule has 0 heterocycles. The third kappa shape index (κ3) is 2.37. The molecule has 3 nitrogen and oxygen atoms in total. The van der Waals surface area contributed by atoms with Gasteiger partial charge in [-0.2, -0.15) is 0 Å². The summed E-state index contributed by atoms with van der Waals surface area (Å²) in [6, 6.07) is 7.96. The Labute approximate surface area is 119 Å². The lowest BCUT2D eigenvalue weighted by molar-refractivity contribution is -0.132. The maximum atomic E-state index is 12.1. The van der Waals surface area contributed by atoms with Crippen molar-refractivity contribution < 1.29 is 14.3 Å². The number of benzene rings is 1. The Hall–Kier alpha value is -1.64. The Morgan fingerprint density at radius 2 is 1.90 bits per heavy atom. The molecule has 20 heavy (non-hydrogen) atoms. The van der Waals surface area contributed by atoms with E-state index in [1.54, 1.807) is 7.11 Å². The molecule has 1 unspecified atom stereocenters. The molecule has 2 aliphatic carbocycles. The minimum atomic E-state index is -0.329. The molecule has 0 spiro atoms. The fraction of sp³-hybridized carbons (Fsp3) is 0.529. The number of carbonyl (C=O) groups is 2. The standard InChI is InChI=1S/C17H20O3/c1-20-13-7-5-11(6-8-13)9-14-12-3-2-4-15(18)17(14)16(19)10-12/h5-8,12,14,17H,2-4,9-10H2,1H3/t12-,14?,17+/m1/s1. The molecule has 2 saturated carbocycles. The van der Waals surface area contributed by atoms with Crippen molar-refractivity contribution in [1.29, 1.82) is 0 Å². The Morgan fingerprint density at radius 1 is 1.15 bits per heavy atom. The normalized spacial score (nSPS) is 29.4. The maximum Gasteiger partial charge on any atom is 0.143 e. The summed E-state index contributed by atoms with van der Waals surface area (Å²) in [6.45, 7) is 0. The molecule has 2 aliphatic rings. The van der Waals surface area contributed by atoms with E-state index in [-0.39, 0.29) is 23.4 Å². The van der Waals surface area contributed by atoms with Crippen molar-refractivity contribution in [2.75, 3.05) is 7.11 Å². The second kappa shape index (κ2) is 5.39. The Bertz CT molecular complexity index is 518. The molecule has 1 aromatic carbocycles. The second-order valence-electron chi connectivity index (χ2n) is 5.98. The number of Topliss-reactive ketones (excluding diaryl/α,β-unsaturated/α-hetero) is 2. The predicted octanol–water partition coefficient (Wildman–Crippen LogP) is 2.81. The van der Waals surface area contributed by atoms with E-state index in [1.165, 1.54) is 5.56 Å². The van der Waals surface area contributed by atoms with Crippen molar-refractivity contribution in [3.8, 4) is 5.75 Å². The van der Waals surface area contributed by atoms with Crippen molar-refractivity contribution in [2.24, 2.45) is 17.8 Å². The number of rotatable bonds is 3. The summed E-state index contributed by atoms with van der Waals surface area (Å²) in [7, 11) is 1.65. The van der Waals surface area contributed by atoms with Crippen LogP contribution in [0.1, 0.15) is 31.2 Å². The molecule has 3 rings (SSSR count). The highest BCUT2D eigenvalue weighted by Gasteiger charge is 2.46. The van der Waals surface area contributed by atoms with E-state index < -0.39 is 0 Å². The zero-order valence-corrected chi connectivity index (χ0v) is 11.8. The predicted molar refractivity (Wildman–Crippen MR) is 75.7 cm³/mol. The topological polar surface area (TPSA) is 43.4 Å². The van der Waals surface area contributed by atoms with Gasteiger partial charge in [-0.15, -0.1) is 0 Å². The molecule has 1 aromatic rings. The number of fused-ring (bicyclic) bond motifs is 2. The van der Waals surface area contributed by atoms with Crippen LogP contribution in [0, 0.1) is 17.8 Å². The third-order valence-electron chi connectivity index (χ3n) is 4.82. The number of hydrogen-bond donors (Lipinski definition) is 0. The summed E-state index contributed by atoms with van der Waals surface area (Å²) in [5.74, 6) is 1.48. The number of carbonyl (C=O) groups excluding carboxylic acids is 2. The smallest absolute Gasteiger partial charge is 0.143 e. The van der Waals surface area contributed by atoms with Crippen molar-refractivity contribution in [3.05, 3.63) is 29.8 Å². The van der Waals surface area contributed by atoms with Crippen molar-refractivity contribution in [2.45, 2.75) is 32.1 Å². The van der Waals surface area contributed by atoms with Crippen molar-refractivity contribution in [1.82, 2.24) is 0 Å². The number of ketones is 2. The summed E-state index contributed by atoms with van der Waals surface area (Å²) in [6.07, 6.45) is 4.00. The van der Waals surface area contributed by atoms with Crippen molar-refractivity contribution in [3.63, 3.8) is 0 Å². The largest absolute Gasteiger partial charge is 0.497 e. The molecule has 2 fully saturated rings. The fourth-order valence-electron chi connectivity index (χ4n) is 3.79. The number of hydrogen-bond acceptors (Lipinski definition) is 3. The number of methoxy groups -OCH3 is 1. The summed E-state index contributed by atoms with van der Waals surface area (Å²) >= 11 is 0. The zero-order valence-electron chi connectivity index (χ0n) is 11.8. The highest BCUT2D eigenvalue weighted by atomic mass is 16.5. The highest BCUT2D eigenvalue weighted by molar-refractivity contribution is 6.04. The first-order valence-corrected chi connectivity index (χ1v) is 7.37. The summed E-state index contributed by atoms with van der Waals surface area (Å²) in [5, 5.41) is 0. The first-order chi connectivity index (χ1) is 9.69. The van der Waals surface area contributed by atoms with Crippen LogP contribution in [-0.2, 0) is 16.0 Å². The van der Waals surface area contributed by atoms with Gasteiger partial charge in [0.05, 0.1) is 13.0 Å². The molecule has 3 atom stereocenters. The lowest BCUT2D eigenvalue weighted by atomic mass is 9.83. The van der Waals surface area contributed by atoms with Gasteiger partial charge in [-0.05, 0) is 48.8 Å². The molecule has 0 amide bonds. The maximum absolute atomic E-state index is 12.1. The van der Waals surface area contributed by atoms with E-state index in [2.05, 4.69) is 0 Å². The Balaban J connectivity index is 1.81. The quantitative estimate of drug-likeness (QED) is 0.795. The molecule has 3 heteroatoms. The van der Waals surface area contributed by atoms with Crippen LogP contribution in [0.3, 0.4) is 0 Å². The highest BCUT2D eigenvalue weighted by Crippen LogP contribution is 2.43. The van der Waals surface area contributed by atoms with Crippen LogP contribution in [-0.4, -0.2) is 18.7 Å². The van der Waals surface area contributed by atoms with Gasteiger partial charge in [-0.3, -0.25) is 9.59 Å². The molecular formula is C17H20O3. The average Bonchev–Trinajstić information content (AvgIpc) is 2.66.